The number of hydrogen-bond donors (Lipinski definition) is 1. The molecule has 37 heavy (non-hydrogen) atoms. The van der Waals surface area contributed by atoms with Crippen LogP contribution in [0.3, 0.4) is 0 Å². The van der Waals surface area contributed by atoms with Crippen molar-refractivity contribution in [2.45, 2.75) is 38.4 Å². The lowest BCUT2D eigenvalue weighted by Crippen LogP contribution is -2.32. The molecule has 0 bridgehead atoms. The Morgan fingerprint density at radius 2 is 1.86 bits per heavy atom. The third kappa shape index (κ3) is 6.67. The van der Waals surface area contributed by atoms with Crippen molar-refractivity contribution in [1.29, 1.82) is 0 Å². The van der Waals surface area contributed by atoms with Gasteiger partial charge in [0, 0.05) is 17.7 Å². The van der Waals surface area contributed by atoms with Gasteiger partial charge >= 0.3 is 12.1 Å². The molecule has 1 N–H and O–H groups in total. The number of alkyl halides is 3. The number of aryl methyl sites for hydroxylation is 1. The summed E-state index contributed by atoms with van der Waals surface area (Å²) in [6, 6.07) is 16.3. The lowest BCUT2D eigenvalue weighted by atomic mass is 9.96. The summed E-state index contributed by atoms with van der Waals surface area (Å²) < 4.78 is 44.7. The Labute approximate surface area is 211 Å². The lowest BCUT2D eigenvalue weighted by Gasteiger charge is -2.29. The Morgan fingerprint density at radius 1 is 1.14 bits per heavy atom. The average Bonchev–Trinajstić information content (AvgIpc) is 3.49. The molecule has 11 heteroatoms. The third-order valence-electron chi connectivity index (χ3n) is 6.12. The van der Waals surface area contributed by atoms with Gasteiger partial charge in [0.1, 0.15) is 17.3 Å². The van der Waals surface area contributed by atoms with Crippen molar-refractivity contribution in [3.05, 3.63) is 72.1 Å². The molecule has 0 spiro atoms. The summed E-state index contributed by atoms with van der Waals surface area (Å²) in [5, 5.41) is 11.9. The van der Waals surface area contributed by atoms with Gasteiger partial charge in [-0.3, -0.25) is 4.90 Å². The van der Waals surface area contributed by atoms with E-state index in [2.05, 4.69) is 29.3 Å². The molecule has 196 valence electrons. The summed E-state index contributed by atoms with van der Waals surface area (Å²) in [4.78, 5) is 16.2. The van der Waals surface area contributed by atoms with E-state index in [1.807, 2.05) is 41.8 Å². The Bertz CT molecular complexity index is 1360. The van der Waals surface area contributed by atoms with Crippen molar-refractivity contribution < 1.29 is 32.2 Å². The predicted molar refractivity (Wildman–Crippen MR) is 129 cm³/mol. The van der Waals surface area contributed by atoms with E-state index in [4.69, 9.17) is 29.1 Å². The summed E-state index contributed by atoms with van der Waals surface area (Å²) in [5.41, 5.74) is 3.10. The van der Waals surface area contributed by atoms with Gasteiger partial charge in [0.05, 0.1) is 13.7 Å². The molecule has 4 aromatic rings. The number of pyridine rings is 1. The molecule has 1 fully saturated rings. The first kappa shape index (κ1) is 26.2. The van der Waals surface area contributed by atoms with Gasteiger partial charge < -0.3 is 14.3 Å². The molecule has 3 aromatic heterocycles. The second-order valence-corrected chi connectivity index (χ2v) is 8.79. The Balaban J connectivity index is 0.000000405. The number of fused-ring (bicyclic) bond motifs is 1. The summed E-state index contributed by atoms with van der Waals surface area (Å²) >= 11 is 0. The number of aliphatic carboxylic acids is 1. The van der Waals surface area contributed by atoms with Gasteiger partial charge in [-0.15, -0.1) is 0 Å². The number of piperidine rings is 1. The topological polar surface area (TPSA) is 93.1 Å². The molecule has 0 saturated carbocycles. The van der Waals surface area contributed by atoms with Crippen LogP contribution in [-0.4, -0.2) is 56.9 Å². The second kappa shape index (κ2) is 11.0. The van der Waals surface area contributed by atoms with Crippen LogP contribution in [0, 0.1) is 6.92 Å². The van der Waals surface area contributed by atoms with Crippen molar-refractivity contribution in [3.63, 3.8) is 0 Å². The van der Waals surface area contributed by atoms with E-state index in [9.17, 15) is 13.2 Å². The summed E-state index contributed by atoms with van der Waals surface area (Å²) in [6.07, 6.45) is -0.895. The number of rotatable bonds is 5. The van der Waals surface area contributed by atoms with E-state index in [1.54, 1.807) is 7.11 Å². The molecule has 5 rings (SSSR count). The first-order chi connectivity index (χ1) is 17.6. The molecule has 0 unspecified atom stereocenters. The fourth-order valence-corrected chi connectivity index (χ4v) is 4.19. The standard InChI is InChI=1S/C24H26N4O2.C2HF3O2/c1-17-6-8-22(30-17)16-27-12-10-18(11-13-27)24-25-23-9-7-20(15-28(23)26-24)19-4-3-5-21(14-19)29-2;3-2(4,5)1(6)7/h3-9,14-15,18H,10-13,16H2,1-2H3;(H,6,7). The number of likely N-dealkylation sites (tertiary alicyclic amines) is 1. The van der Waals surface area contributed by atoms with Gasteiger partial charge in [0.2, 0.25) is 0 Å². The number of methoxy groups -OCH3 is 1. The van der Waals surface area contributed by atoms with Gasteiger partial charge in [0.15, 0.2) is 11.5 Å². The van der Waals surface area contributed by atoms with Gasteiger partial charge in [-0.05, 0) is 74.8 Å². The predicted octanol–water partition coefficient (Wildman–Crippen LogP) is 5.32. The summed E-state index contributed by atoms with van der Waals surface area (Å²) in [5.74, 6) is 1.46. The van der Waals surface area contributed by atoms with Crippen LogP contribution in [0.25, 0.3) is 16.8 Å². The van der Waals surface area contributed by atoms with Gasteiger partial charge in [-0.1, -0.05) is 12.1 Å². The zero-order valence-electron chi connectivity index (χ0n) is 20.4. The number of carbonyl (C=O) groups is 1. The van der Waals surface area contributed by atoms with Crippen LogP contribution in [0.1, 0.15) is 36.1 Å². The molecule has 0 radical (unpaired) electrons. The fraction of sp³-hybridized carbons (Fsp3) is 0.346. The zero-order chi connectivity index (χ0) is 26.6. The van der Waals surface area contributed by atoms with Crippen molar-refractivity contribution in [2.75, 3.05) is 20.2 Å². The average molecular weight is 517 g/mol. The molecular weight excluding hydrogens is 489 g/mol. The maximum atomic E-state index is 10.6. The zero-order valence-corrected chi connectivity index (χ0v) is 20.4. The molecule has 0 aliphatic carbocycles. The number of ether oxygens (including phenoxy) is 1. The maximum absolute atomic E-state index is 10.6. The Kier molecular flexibility index (Phi) is 7.82. The molecule has 4 heterocycles. The summed E-state index contributed by atoms with van der Waals surface area (Å²) in [6.45, 7) is 4.94. The number of aromatic nitrogens is 3. The van der Waals surface area contributed by atoms with E-state index in [1.165, 1.54) is 0 Å². The van der Waals surface area contributed by atoms with Crippen molar-refractivity contribution in [2.24, 2.45) is 0 Å². The number of hydrogen-bond acceptors (Lipinski definition) is 6. The lowest BCUT2D eigenvalue weighted by molar-refractivity contribution is -0.192. The Morgan fingerprint density at radius 3 is 2.49 bits per heavy atom. The molecule has 0 atom stereocenters. The quantitative estimate of drug-likeness (QED) is 0.384. The van der Waals surface area contributed by atoms with Crippen LogP contribution in [-0.2, 0) is 11.3 Å². The van der Waals surface area contributed by atoms with Crippen LogP contribution in [0.4, 0.5) is 13.2 Å². The minimum atomic E-state index is -5.08. The highest BCUT2D eigenvalue weighted by Gasteiger charge is 2.38. The van der Waals surface area contributed by atoms with E-state index in [-0.39, 0.29) is 0 Å². The minimum absolute atomic E-state index is 0.403. The first-order valence-corrected chi connectivity index (χ1v) is 11.7. The van der Waals surface area contributed by atoms with Crippen LogP contribution >= 0.6 is 0 Å². The van der Waals surface area contributed by atoms with Crippen LogP contribution in [0.5, 0.6) is 5.75 Å². The van der Waals surface area contributed by atoms with Gasteiger partial charge in [0.25, 0.3) is 0 Å². The van der Waals surface area contributed by atoms with Crippen LogP contribution in [0.15, 0.2) is 59.1 Å². The maximum Gasteiger partial charge on any atom is 0.490 e. The van der Waals surface area contributed by atoms with Crippen LogP contribution in [0.2, 0.25) is 0 Å². The number of halogens is 3. The monoisotopic (exact) mass is 516 g/mol. The largest absolute Gasteiger partial charge is 0.497 e. The third-order valence-corrected chi connectivity index (χ3v) is 6.12. The Hall–Kier alpha value is -3.86. The molecular formula is C26H27F3N4O4. The van der Waals surface area contributed by atoms with Crippen molar-refractivity contribution in [3.8, 4) is 16.9 Å². The molecule has 1 saturated heterocycles. The number of furan rings is 1. The fourth-order valence-electron chi connectivity index (χ4n) is 4.19. The van der Waals surface area contributed by atoms with Gasteiger partial charge in [-0.25, -0.2) is 14.3 Å². The highest BCUT2D eigenvalue weighted by Crippen LogP contribution is 2.28. The SMILES string of the molecule is COc1cccc(-c2ccc3nc(C4CCN(Cc5ccc(C)o5)CC4)nn3c2)c1.O=C(O)C(F)(F)F. The molecule has 8 nitrogen and oxygen atoms in total. The molecule has 1 aromatic carbocycles. The highest BCUT2D eigenvalue weighted by molar-refractivity contribution is 5.73. The smallest absolute Gasteiger partial charge is 0.490 e. The van der Waals surface area contributed by atoms with E-state index in [0.29, 0.717) is 5.92 Å². The second-order valence-electron chi connectivity index (χ2n) is 8.79. The number of benzene rings is 1. The first-order valence-electron chi connectivity index (χ1n) is 11.7. The highest BCUT2D eigenvalue weighted by atomic mass is 19.4. The van der Waals surface area contributed by atoms with Crippen LogP contribution < -0.4 is 4.74 Å². The van der Waals surface area contributed by atoms with E-state index < -0.39 is 12.1 Å². The molecule has 1 aliphatic heterocycles. The molecule has 0 amide bonds. The number of carboxylic acid groups (broad SMARTS) is 1. The normalized spacial score (nSPS) is 14.8. The van der Waals surface area contributed by atoms with Crippen molar-refractivity contribution in [1.82, 2.24) is 19.5 Å². The van der Waals surface area contributed by atoms with E-state index >= 15 is 0 Å². The molecule has 1 aliphatic rings. The number of nitrogens with zero attached hydrogens (tertiary/aromatic N) is 4. The number of carboxylic acids is 1. The van der Waals surface area contributed by atoms with Gasteiger partial charge in [-0.2, -0.15) is 18.3 Å². The summed E-state index contributed by atoms with van der Waals surface area (Å²) in [7, 11) is 1.69. The van der Waals surface area contributed by atoms with Crippen molar-refractivity contribution >= 4 is 11.6 Å². The van der Waals surface area contributed by atoms with E-state index in [0.717, 1.165) is 72.3 Å². The minimum Gasteiger partial charge on any atom is -0.497 e.